The van der Waals surface area contributed by atoms with Crippen LogP contribution in [0.3, 0.4) is 0 Å². The van der Waals surface area contributed by atoms with E-state index in [1.54, 1.807) is 25.7 Å². The van der Waals surface area contributed by atoms with Gasteiger partial charge in [0.05, 0.1) is 17.2 Å². The average molecular weight is 433 g/mol. The van der Waals surface area contributed by atoms with Crippen LogP contribution in [0.25, 0.3) is 0 Å². The molecule has 1 N–H and O–H groups in total. The van der Waals surface area contributed by atoms with E-state index in [1.807, 2.05) is 0 Å². The number of nitrogens with zero attached hydrogens (tertiary/aromatic N) is 3. The molecule has 1 aromatic carbocycles. The molecular formula is C21H24FN3O6. The molecule has 0 atom stereocenters. The van der Waals surface area contributed by atoms with E-state index in [4.69, 9.17) is 19.3 Å². The molecule has 0 aliphatic carbocycles. The Bertz CT molecular complexity index is 960. The third kappa shape index (κ3) is 5.39. The second kappa shape index (κ2) is 9.59. The maximum atomic E-state index is 14.4. The number of hydrogen-bond acceptors (Lipinski definition) is 7. The summed E-state index contributed by atoms with van der Waals surface area (Å²) < 4.78 is 31.1. The van der Waals surface area contributed by atoms with Crippen LogP contribution in [-0.2, 0) is 4.74 Å². The van der Waals surface area contributed by atoms with Crippen LogP contribution >= 0.6 is 0 Å². The van der Waals surface area contributed by atoms with Crippen molar-refractivity contribution in [3.05, 3.63) is 41.5 Å². The first-order chi connectivity index (χ1) is 14.8. The lowest BCUT2D eigenvalue weighted by Crippen LogP contribution is -2.42. The minimum atomic E-state index is -1.39. The van der Waals surface area contributed by atoms with Crippen molar-refractivity contribution in [1.29, 1.82) is 0 Å². The maximum absolute atomic E-state index is 14.4. The number of likely N-dealkylation sites (tertiary alicyclic amines) is 1. The van der Waals surface area contributed by atoms with Crippen molar-refractivity contribution in [2.45, 2.75) is 45.8 Å². The summed E-state index contributed by atoms with van der Waals surface area (Å²) >= 11 is 0. The first kappa shape index (κ1) is 22.3. The number of piperidine rings is 1. The highest BCUT2D eigenvalue weighted by Crippen LogP contribution is 2.31. The Kier molecular flexibility index (Phi) is 6.88. The van der Waals surface area contributed by atoms with E-state index in [0.717, 1.165) is 6.07 Å². The predicted molar refractivity (Wildman–Crippen MR) is 107 cm³/mol. The molecule has 0 spiro atoms. The Morgan fingerprint density at radius 3 is 2.52 bits per heavy atom. The Morgan fingerprint density at radius 1 is 1.19 bits per heavy atom. The number of halogens is 1. The first-order valence-electron chi connectivity index (χ1n) is 9.89. The molecule has 1 fully saturated rings. The topological polar surface area (TPSA) is 111 Å². The summed E-state index contributed by atoms with van der Waals surface area (Å²) in [5, 5.41) is 9.06. The van der Waals surface area contributed by atoms with Gasteiger partial charge in [-0.25, -0.2) is 23.9 Å². The largest absolute Gasteiger partial charge is 0.478 e. The lowest BCUT2D eigenvalue weighted by Gasteiger charge is -2.31. The van der Waals surface area contributed by atoms with Crippen LogP contribution in [0.1, 0.15) is 42.6 Å². The molecule has 3 rings (SSSR count). The number of aromatic nitrogens is 2. The minimum absolute atomic E-state index is 0.0596. The molecule has 9 nitrogen and oxygen atoms in total. The number of amides is 1. The van der Waals surface area contributed by atoms with Crippen molar-refractivity contribution in [2.24, 2.45) is 0 Å². The molecule has 1 aliphatic heterocycles. The smallest absolute Gasteiger partial charge is 0.410 e. The minimum Gasteiger partial charge on any atom is -0.478 e. The summed E-state index contributed by atoms with van der Waals surface area (Å²) in [6, 6.07) is 3.85. The van der Waals surface area contributed by atoms with E-state index in [2.05, 4.69) is 9.97 Å². The summed E-state index contributed by atoms with van der Waals surface area (Å²) in [5.74, 6) is -2.30. The predicted octanol–water partition coefficient (Wildman–Crippen LogP) is 3.80. The molecular weight excluding hydrogens is 409 g/mol. The van der Waals surface area contributed by atoms with Gasteiger partial charge in [0.25, 0.3) is 0 Å². The van der Waals surface area contributed by atoms with Gasteiger partial charge in [0.15, 0.2) is 11.6 Å². The highest BCUT2D eigenvalue weighted by molar-refractivity contribution is 5.88. The average Bonchev–Trinajstić information content (AvgIpc) is 2.72. The first-order valence-corrected chi connectivity index (χ1v) is 9.89. The van der Waals surface area contributed by atoms with Crippen LogP contribution in [0, 0.1) is 12.7 Å². The van der Waals surface area contributed by atoms with E-state index in [0.29, 0.717) is 31.5 Å². The van der Waals surface area contributed by atoms with Crippen LogP contribution in [0.15, 0.2) is 24.5 Å². The zero-order valence-corrected chi connectivity index (χ0v) is 17.5. The molecule has 1 aliphatic rings. The van der Waals surface area contributed by atoms with Gasteiger partial charge in [0.1, 0.15) is 12.4 Å². The van der Waals surface area contributed by atoms with Crippen molar-refractivity contribution in [2.75, 3.05) is 13.1 Å². The van der Waals surface area contributed by atoms with Crippen molar-refractivity contribution in [3.8, 4) is 17.5 Å². The lowest BCUT2D eigenvalue weighted by atomic mass is 10.1. The fraction of sp³-hybridized carbons (Fsp3) is 0.429. The summed E-state index contributed by atoms with van der Waals surface area (Å²) in [7, 11) is 0. The fourth-order valence-electron chi connectivity index (χ4n) is 3.09. The second-order valence-corrected chi connectivity index (χ2v) is 7.37. The Hall–Kier alpha value is -3.43. The molecule has 0 bridgehead atoms. The number of carbonyl (C=O) groups is 2. The zero-order valence-electron chi connectivity index (χ0n) is 17.5. The standard InChI is InChI=1S/C21H24FN3O6/c1-12(2)29-21(28)25-9-7-14(8-10-25)30-18-13(3)19(24-11-23-18)31-16-6-4-5-15(17(16)22)20(26)27/h4-6,11-12,14H,7-10H2,1-3H3,(H,26,27). The molecule has 1 amide bonds. The van der Waals surface area contributed by atoms with Crippen molar-refractivity contribution >= 4 is 12.1 Å². The number of ether oxygens (including phenoxy) is 3. The quantitative estimate of drug-likeness (QED) is 0.732. The number of aromatic carboxylic acids is 1. The van der Waals surface area contributed by atoms with Gasteiger partial charge in [-0.05, 0) is 32.9 Å². The number of carbonyl (C=O) groups excluding carboxylic acids is 1. The molecule has 31 heavy (non-hydrogen) atoms. The van der Waals surface area contributed by atoms with Crippen LogP contribution < -0.4 is 9.47 Å². The van der Waals surface area contributed by atoms with Crippen LogP contribution in [0.2, 0.25) is 0 Å². The maximum Gasteiger partial charge on any atom is 0.410 e. The molecule has 10 heteroatoms. The zero-order chi connectivity index (χ0) is 22.5. The number of carboxylic acids is 1. The number of rotatable bonds is 6. The van der Waals surface area contributed by atoms with Crippen LogP contribution in [0.5, 0.6) is 17.5 Å². The second-order valence-electron chi connectivity index (χ2n) is 7.37. The van der Waals surface area contributed by atoms with Crippen LogP contribution in [0.4, 0.5) is 9.18 Å². The highest BCUT2D eigenvalue weighted by atomic mass is 19.1. The SMILES string of the molecule is Cc1c(Oc2cccc(C(=O)O)c2F)ncnc1OC1CCN(C(=O)OC(C)C)CC1. The van der Waals surface area contributed by atoms with Gasteiger partial charge in [-0.1, -0.05) is 6.07 Å². The van der Waals surface area contributed by atoms with Crippen molar-refractivity contribution < 1.29 is 33.3 Å². The molecule has 0 unspecified atom stereocenters. The molecule has 2 heterocycles. The molecule has 1 aromatic heterocycles. The third-order valence-electron chi connectivity index (χ3n) is 4.71. The van der Waals surface area contributed by atoms with Gasteiger partial charge in [-0.3, -0.25) is 0 Å². The van der Waals surface area contributed by atoms with E-state index in [9.17, 15) is 14.0 Å². The molecule has 0 radical (unpaired) electrons. The number of carboxylic acid groups (broad SMARTS) is 1. The van der Waals surface area contributed by atoms with E-state index < -0.39 is 17.3 Å². The Balaban J connectivity index is 1.67. The van der Waals surface area contributed by atoms with Gasteiger partial charge >= 0.3 is 12.1 Å². The van der Waals surface area contributed by atoms with Gasteiger partial charge in [0.2, 0.25) is 11.8 Å². The lowest BCUT2D eigenvalue weighted by molar-refractivity contribution is 0.0504. The summed E-state index contributed by atoms with van der Waals surface area (Å²) in [6.45, 7) is 6.26. The summed E-state index contributed by atoms with van der Waals surface area (Å²) in [4.78, 5) is 32.9. The monoisotopic (exact) mass is 433 g/mol. The summed E-state index contributed by atoms with van der Waals surface area (Å²) in [6.07, 6.45) is 1.74. The van der Waals surface area contributed by atoms with Gasteiger partial charge < -0.3 is 24.2 Å². The highest BCUT2D eigenvalue weighted by Gasteiger charge is 2.26. The van der Waals surface area contributed by atoms with Crippen LogP contribution in [-0.4, -0.2) is 57.3 Å². The Morgan fingerprint density at radius 2 is 1.87 bits per heavy atom. The molecule has 166 valence electrons. The molecule has 1 saturated heterocycles. The normalized spacial score (nSPS) is 14.4. The molecule has 0 saturated carbocycles. The van der Waals surface area contributed by atoms with Gasteiger partial charge in [0, 0.05) is 25.9 Å². The third-order valence-corrected chi connectivity index (χ3v) is 4.71. The van der Waals surface area contributed by atoms with Gasteiger partial charge in [-0.2, -0.15) is 0 Å². The van der Waals surface area contributed by atoms with Crippen molar-refractivity contribution in [3.63, 3.8) is 0 Å². The summed E-state index contributed by atoms with van der Waals surface area (Å²) in [5.41, 5.74) is -0.0484. The fourth-order valence-corrected chi connectivity index (χ4v) is 3.09. The van der Waals surface area contributed by atoms with Crippen molar-refractivity contribution in [1.82, 2.24) is 14.9 Å². The molecule has 2 aromatic rings. The van der Waals surface area contributed by atoms with E-state index in [-0.39, 0.29) is 35.8 Å². The van der Waals surface area contributed by atoms with Gasteiger partial charge in [-0.15, -0.1) is 0 Å². The number of benzene rings is 1. The van der Waals surface area contributed by atoms with E-state index in [1.165, 1.54) is 18.5 Å². The van der Waals surface area contributed by atoms with E-state index >= 15 is 0 Å². The number of hydrogen-bond donors (Lipinski definition) is 1. The Labute approximate surface area is 178 Å².